The maximum atomic E-state index is 13.5. The number of rotatable bonds is 3. The van der Waals surface area contributed by atoms with Crippen molar-refractivity contribution in [2.24, 2.45) is 10.8 Å². The van der Waals surface area contributed by atoms with E-state index in [0.29, 0.717) is 0 Å². The summed E-state index contributed by atoms with van der Waals surface area (Å²) < 4.78 is 45.7. The highest BCUT2D eigenvalue weighted by Gasteiger charge is 2.64. The summed E-state index contributed by atoms with van der Waals surface area (Å²) in [5.41, 5.74) is -2.10. The van der Waals surface area contributed by atoms with Gasteiger partial charge in [0.05, 0.1) is 0 Å². The third kappa shape index (κ3) is 3.70. The van der Waals surface area contributed by atoms with Crippen molar-refractivity contribution >= 4 is 5.97 Å². The van der Waals surface area contributed by atoms with Gasteiger partial charge in [0.15, 0.2) is 5.41 Å². The second kappa shape index (κ2) is 6.54. The van der Waals surface area contributed by atoms with Crippen LogP contribution in [0.3, 0.4) is 0 Å². The SMILES string of the molecule is CC(C)(C)C(C)(C(=O)Oc1ccc(-c2ccccc2)cc1)C(F)(F)F. The molecule has 25 heavy (non-hydrogen) atoms. The van der Waals surface area contributed by atoms with Crippen molar-refractivity contribution in [3.05, 3.63) is 54.6 Å². The van der Waals surface area contributed by atoms with E-state index < -0.39 is 23.0 Å². The fraction of sp³-hybridized carbons (Fsp3) is 0.350. The van der Waals surface area contributed by atoms with Gasteiger partial charge in [0.25, 0.3) is 0 Å². The average molecular weight is 350 g/mol. The fourth-order valence-electron chi connectivity index (χ4n) is 2.40. The Hall–Kier alpha value is -2.30. The van der Waals surface area contributed by atoms with Gasteiger partial charge in [-0.25, -0.2) is 0 Å². The number of hydrogen-bond donors (Lipinski definition) is 0. The van der Waals surface area contributed by atoms with Crippen molar-refractivity contribution in [3.63, 3.8) is 0 Å². The summed E-state index contributed by atoms with van der Waals surface area (Å²) in [6.45, 7) is 5.01. The number of carbonyl (C=O) groups is 1. The molecule has 2 aromatic carbocycles. The van der Waals surface area contributed by atoms with Crippen molar-refractivity contribution < 1.29 is 22.7 Å². The van der Waals surface area contributed by atoms with E-state index in [0.717, 1.165) is 18.1 Å². The monoisotopic (exact) mass is 350 g/mol. The van der Waals surface area contributed by atoms with Crippen LogP contribution in [0.4, 0.5) is 13.2 Å². The average Bonchev–Trinajstić information content (AvgIpc) is 2.53. The van der Waals surface area contributed by atoms with Crippen LogP contribution in [0.15, 0.2) is 54.6 Å². The summed E-state index contributed by atoms with van der Waals surface area (Å²) >= 11 is 0. The molecule has 0 fully saturated rings. The standard InChI is InChI=1S/C20H21F3O2/c1-18(2,3)19(4,20(21,22)23)17(24)25-16-12-10-15(11-13-16)14-8-6-5-7-9-14/h5-13H,1-4H3. The van der Waals surface area contributed by atoms with E-state index in [9.17, 15) is 18.0 Å². The van der Waals surface area contributed by atoms with Crippen LogP contribution in [0.5, 0.6) is 5.75 Å². The van der Waals surface area contributed by atoms with Crippen molar-refractivity contribution in [1.82, 2.24) is 0 Å². The molecule has 1 unspecified atom stereocenters. The zero-order chi connectivity index (χ0) is 18.9. The number of ether oxygens (including phenoxy) is 1. The van der Waals surface area contributed by atoms with E-state index in [-0.39, 0.29) is 5.75 Å². The molecule has 0 spiro atoms. The number of hydrogen-bond acceptors (Lipinski definition) is 2. The van der Waals surface area contributed by atoms with Gasteiger partial charge in [-0.1, -0.05) is 63.2 Å². The molecule has 1 atom stereocenters. The van der Waals surface area contributed by atoms with Crippen LogP contribution in [0.25, 0.3) is 11.1 Å². The van der Waals surface area contributed by atoms with E-state index in [4.69, 9.17) is 4.74 Å². The Morgan fingerprint density at radius 2 is 1.28 bits per heavy atom. The molecular formula is C20H21F3O2. The number of alkyl halides is 3. The zero-order valence-electron chi connectivity index (χ0n) is 14.6. The summed E-state index contributed by atoms with van der Waals surface area (Å²) in [7, 11) is 0. The molecule has 2 rings (SSSR count). The van der Waals surface area contributed by atoms with Crippen LogP contribution >= 0.6 is 0 Å². The largest absolute Gasteiger partial charge is 0.426 e. The molecule has 0 bridgehead atoms. The molecule has 134 valence electrons. The predicted molar refractivity (Wildman–Crippen MR) is 91.1 cm³/mol. The third-order valence-electron chi connectivity index (χ3n) is 4.65. The Balaban J connectivity index is 2.25. The van der Waals surface area contributed by atoms with Crippen LogP contribution in [0.1, 0.15) is 27.7 Å². The molecule has 0 amide bonds. The Morgan fingerprint density at radius 3 is 1.72 bits per heavy atom. The topological polar surface area (TPSA) is 26.3 Å². The molecule has 0 saturated heterocycles. The summed E-state index contributed by atoms with van der Waals surface area (Å²) in [5.74, 6) is -1.22. The highest BCUT2D eigenvalue weighted by Crippen LogP contribution is 2.51. The Bertz CT molecular complexity index is 712. The second-order valence-electron chi connectivity index (χ2n) is 7.15. The van der Waals surface area contributed by atoms with E-state index >= 15 is 0 Å². The zero-order valence-corrected chi connectivity index (χ0v) is 14.6. The first-order chi connectivity index (χ1) is 11.5. The minimum Gasteiger partial charge on any atom is -0.426 e. The predicted octanol–water partition coefficient (Wildman–Crippen LogP) is 5.87. The van der Waals surface area contributed by atoms with Gasteiger partial charge in [-0.3, -0.25) is 4.79 Å². The number of esters is 1. The van der Waals surface area contributed by atoms with Crippen LogP contribution in [0, 0.1) is 10.8 Å². The van der Waals surface area contributed by atoms with Gasteiger partial charge in [0.1, 0.15) is 5.75 Å². The lowest BCUT2D eigenvalue weighted by atomic mass is 9.67. The van der Waals surface area contributed by atoms with Crippen LogP contribution < -0.4 is 4.74 Å². The van der Waals surface area contributed by atoms with Gasteiger partial charge < -0.3 is 4.74 Å². The number of benzene rings is 2. The highest BCUT2D eigenvalue weighted by molar-refractivity contribution is 5.81. The molecule has 0 radical (unpaired) electrons. The molecule has 2 nitrogen and oxygen atoms in total. The van der Waals surface area contributed by atoms with Gasteiger partial charge in [-0.2, -0.15) is 13.2 Å². The normalized spacial score (nSPS) is 14.7. The van der Waals surface area contributed by atoms with E-state index in [1.165, 1.54) is 32.9 Å². The summed E-state index contributed by atoms with van der Waals surface area (Å²) in [4.78, 5) is 12.3. The first-order valence-corrected chi connectivity index (χ1v) is 7.91. The maximum absolute atomic E-state index is 13.5. The molecule has 0 heterocycles. The van der Waals surface area contributed by atoms with Gasteiger partial charge >= 0.3 is 12.1 Å². The van der Waals surface area contributed by atoms with Gasteiger partial charge in [0.2, 0.25) is 0 Å². The first-order valence-electron chi connectivity index (χ1n) is 7.91. The van der Waals surface area contributed by atoms with Gasteiger partial charge in [-0.05, 0) is 35.6 Å². The molecule has 0 aliphatic heterocycles. The molecule has 2 aromatic rings. The van der Waals surface area contributed by atoms with Crippen molar-refractivity contribution in [2.45, 2.75) is 33.9 Å². The first kappa shape index (κ1) is 19.0. The second-order valence-corrected chi connectivity index (χ2v) is 7.15. The number of halogens is 3. The Kier molecular flexibility index (Phi) is 4.98. The lowest BCUT2D eigenvalue weighted by Gasteiger charge is -2.40. The summed E-state index contributed by atoms with van der Waals surface area (Å²) in [5, 5.41) is 0. The van der Waals surface area contributed by atoms with E-state index in [2.05, 4.69) is 0 Å². The van der Waals surface area contributed by atoms with Crippen molar-refractivity contribution in [2.75, 3.05) is 0 Å². The Labute approximate surface area is 145 Å². The van der Waals surface area contributed by atoms with Crippen molar-refractivity contribution in [1.29, 1.82) is 0 Å². The molecule has 5 heteroatoms. The van der Waals surface area contributed by atoms with Gasteiger partial charge in [-0.15, -0.1) is 0 Å². The van der Waals surface area contributed by atoms with E-state index in [1.54, 1.807) is 12.1 Å². The minimum atomic E-state index is -4.72. The molecule has 0 aliphatic rings. The van der Waals surface area contributed by atoms with Crippen LogP contribution in [-0.4, -0.2) is 12.1 Å². The quantitative estimate of drug-likeness (QED) is 0.511. The summed E-state index contributed by atoms with van der Waals surface area (Å²) in [6.07, 6.45) is -4.72. The lowest BCUT2D eigenvalue weighted by molar-refractivity contribution is -0.250. The molecular weight excluding hydrogens is 329 g/mol. The molecule has 0 saturated carbocycles. The molecule has 0 N–H and O–H groups in total. The van der Waals surface area contributed by atoms with Crippen LogP contribution in [0.2, 0.25) is 0 Å². The molecule has 0 aromatic heterocycles. The maximum Gasteiger partial charge on any atom is 0.405 e. The van der Waals surface area contributed by atoms with Gasteiger partial charge in [0, 0.05) is 0 Å². The smallest absolute Gasteiger partial charge is 0.405 e. The highest BCUT2D eigenvalue weighted by atomic mass is 19.4. The minimum absolute atomic E-state index is 0.0874. The Morgan fingerprint density at radius 1 is 0.800 bits per heavy atom. The molecule has 0 aliphatic carbocycles. The lowest BCUT2D eigenvalue weighted by Crippen LogP contribution is -2.53. The third-order valence-corrected chi connectivity index (χ3v) is 4.65. The number of carbonyl (C=O) groups excluding carboxylic acids is 1. The summed E-state index contributed by atoms with van der Waals surface area (Å²) in [6, 6.07) is 15.9. The van der Waals surface area contributed by atoms with Crippen molar-refractivity contribution in [3.8, 4) is 16.9 Å². The van der Waals surface area contributed by atoms with E-state index in [1.807, 2.05) is 30.3 Å². The fourth-order valence-corrected chi connectivity index (χ4v) is 2.40. The van der Waals surface area contributed by atoms with Crippen LogP contribution in [-0.2, 0) is 4.79 Å².